The Labute approximate surface area is 142 Å². The minimum Gasteiger partial charge on any atom is -0.484 e. The van der Waals surface area contributed by atoms with Gasteiger partial charge in [-0.1, -0.05) is 70.6 Å². The molecule has 1 rings (SSSR count). The fourth-order valence-electron chi connectivity index (χ4n) is 2.57. The highest BCUT2D eigenvalue weighted by atomic mass is 16.5. The third-order valence-corrected chi connectivity index (χ3v) is 4.02. The Kier molecular flexibility index (Phi) is 11.0. The maximum absolute atomic E-state index is 12.4. The second-order valence-corrected chi connectivity index (χ2v) is 6.10. The second-order valence-electron chi connectivity index (χ2n) is 6.10. The molecule has 0 bridgehead atoms. The molecule has 0 saturated carbocycles. The van der Waals surface area contributed by atoms with Crippen molar-refractivity contribution < 1.29 is 9.53 Å². The first kappa shape index (κ1) is 19.5. The molecule has 0 atom stereocenters. The topological polar surface area (TPSA) is 29.5 Å². The molecule has 0 heterocycles. The van der Waals surface area contributed by atoms with Crippen LogP contribution < -0.4 is 4.74 Å². The smallest absolute Gasteiger partial charge is 0.260 e. The van der Waals surface area contributed by atoms with E-state index in [0.717, 1.165) is 31.7 Å². The van der Waals surface area contributed by atoms with Crippen molar-refractivity contribution in [1.82, 2.24) is 4.90 Å². The minimum atomic E-state index is 0.113. The van der Waals surface area contributed by atoms with Crippen molar-refractivity contribution in [2.24, 2.45) is 0 Å². The minimum absolute atomic E-state index is 0.113. The molecule has 23 heavy (non-hydrogen) atoms. The SMILES string of the molecule is CCCCCCN(CCCCCC)C(=O)COc1ccccc1. The maximum Gasteiger partial charge on any atom is 0.260 e. The lowest BCUT2D eigenvalue weighted by molar-refractivity contribution is -0.133. The van der Waals surface area contributed by atoms with Crippen molar-refractivity contribution in [2.45, 2.75) is 65.2 Å². The van der Waals surface area contributed by atoms with E-state index in [-0.39, 0.29) is 12.5 Å². The van der Waals surface area contributed by atoms with Crippen LogP contribution in [-0.4, -0.2) is 30.5 Å². The standard InChI is InChI=1S/C20H33NO2/c1-3-5-7-12-16-21(17-13-8-6-4-2)20(22)18-23-19-14-10-9-11-15-19/h9-11,14-15H,3-8,12-13,16-18H2,1-2H3. The summed E-state index contributed by atoms with van der Waals surface area (Å²) in [6.07, 6.45) is 9.54. The summed E-state index contributed by atoms with van der Waals surface area (Å²) >= 11 is 0. The molecule has 0 saturated heterocycles. The average molecular weight is 319 g/mol. The number of rotatable bonds is 13. The zero-order valence-corrected chi connectivity index (χ0v) is 14.9. The largest absolute Gasteiger partial charge is 0.484 e. The molecule has 0 aromatic heterocycles. The number of benzene rings is 1. The summed E-state index contributed by atoms with van der Waals surface area (Å²) in [6.45, 7) is 6.29. The lowest BCUT2D eigenvalue weighted by Crippen LogP contribution is -2.36. The van der Waals surface area contributed by atoms with Gasteiger partial charge in [0.1, 0.15) is 5.75 Å². The molecule has 3 nitrogen and oxygen atoms in total. The number of nitrogens with zero attached hydrogens (tertiary/aromatic N) is 1. The van der Waals surface area contributed by atoms with Crippen LogP contribution in [0.5, 0.6) is 5.75 Å². The Morgan fingerprint density at radius 1 is 0.870 bits per heavy atom. The average Bonchev–Trinajstić information content (AvgIpc) is 2.59. The maximum atomic E-state index is 12.4. The van der Waals surface area contributed by atoms with Crippen LogP contribution in [0.2, 0.25) is 0 Å². The van der Waals surface area contributed by atoms with Crippen LogP contribution >= 0.6 is 0 Å². The van der Waals surface area contributed by atoms with Crippen molar-refractivity contribution in [3.63, 3.8) is 0 Å². The fraction of sp³-hybridized carbons (Fsp3) is 0.650. The zero-order valence-electron chi connectivity index (χ0n) is 14.9. The fourth-order valence-corrected chi connectivity index (χ4v) is 2.57. The first-order chi connectivity index (χ1) is 11.3. The van der Waals surface area contributed by atoms with E-state index in [2.05, 4.69) is 13.8 Å². The van der Waals surface area contributed by atoms with Crippen LogP contribution in [0.15, 0.2) is 30.3 Å². The summed E-state index contributed by atoms with van der Waals surface area (Å²) in [5.41, 5.74) is 0. The van der Waals surface area contributed by atoms with Crippen LogP contribution in [0.1, 0.15) is 65.2 Å². The van der Waals surface area contributed by atoms with E-state index < -0.39 is 0 Å². The molecule has 1 aromatic rings. The number of carbonyl (C=O) groups is 1. The number of hydrogen-bond acceptors (Lipinski definition) is 2. The molecule has 0 aliphatic carbocycles. The quantitative estimate of drug-likeness (QED) is 0.476. The first-order valence-corrected chi connectivity index (χ1v) is 9.23. The summed E-state index contributed by atoms with van der Waals surface area (Å²) < 4.78 is 5.61. The summed E-state index contributed by atoms with van der Waals surface area (Å²) in [5.74, 6) is 0.875. The van der Waals surface area contributed by atoms with E-state index in [0.29, 0.717) is 0 Å². The summed E-state index contributed by atoms with van der Waals surface area (Å²) in [7, 11) is 0. The van der Waals surface area contributed by atoms with Crippen LogP contribution in [-0.2, 0) is 4.79 Å². The Hall–Kier alpha value is -1.51. The Balaban J connectivity index is 2.39. The number of carbonyl (C=O) groups excluding carboxylic acids is 1. The third-order valence-electron chi connectivity index (χ3n) is 4.02. The number of unbranched alkanes of at least 4 members (excludes halogenated alkanes) is 6. The molecule has 0 N–H and O–H groups in total. The van der Waals surface area contributed by atoms with Crippen molar-refractivity contribution >= 4 is 5.91 Å². The number of ether oxygens (including phenoxy) is 1. The van der Waals surface area contributed by atoms with E-state index in [1.54, 1.807) is 0 Å². The molecular weight excluding hydrogens is 286 g/mol. The van der Waals surface area contributed by atoms with E-state index in [4.69, 9.17) is 4.74 Å². The molecule has 0 aliphatic heterocycles. The van der Waals surface area contributed by atoms with Gasteiger partial charge in [-0.3, -0.25) is 4.79 Å². The summed E-state index contributed by atoms with van der Waals surface area (Å²) in [6, 6.07) is 9.57. The van der Waals surface area contributed by atoms with E-state index in [1.165, 1.54) is 38.5 Å². The van der Waals surface area contributed by atoms with Crippen LogP contribution in [0.25, 0.3) is 0 Å². The zero-order chi connectivity index (χ0) is 16.8. The van der Waals surface area contributed by atoms with Crippen molar-refractivity contribution in [3.8, 4) is 5.75 Å². The van der Waals surface area contributed by atoms with Gasteiger partial charge in [0.15, 0.2) is 6.61 Å². The molecule has 0 fully saturated rings. The monoisotopic (exact) mass is 319 g/mol. The van der Waals surface area contributed by atoms with E-state index in [9.17, 15) is 4.79 Å². The van der Waals surface area contributed by atoms with Gasteiger partial charge in [-0.15, -0.1) is 0 Å². The van der Waals surface area contributed by atoms with Crippen molar-refractivity contribution in [3.05, 3.63) is 30.3 Å². The second kappa shape index (κ2) is 13.0. The Morgan fingerprint density at radius 2 is 1.43 bits per heavy atom. The highest BCUT2D eigenvalue weighted by molar-refractivity contribution is 5.77. The van der Waals surface area contributed by atoms with Crippen molar-refractivity contribution in [1.29, 1.82) is 0 Å². The first-order valence-electron chi connectivity index (χ1n) is 9.23. The number of hydrogen-bond donors (Lipinski definition) is 0. The van der Waals surface area contributed by atoms with Crippen LogP contribution in [0.3, 0.4) is 0 Å². The highest BCUT2D eigenvalue weighted by Gasteiger charge is 2.13. The highest BCUT2D eigenvalue weighted by Crippen LogP contribution is 2.10. The van der Waals surface area contributed by atoms with Crippen LogP contribution in [0, 0.1) is 0 Å². The van der Waals surface area contributed by atoms with Gasteiger partial charge in [0, 0.05) is 13.1 Å². The van der Waals surface area contributed by atoms with Crippen molar-refractivity contribution in [2.75, 3.05) is 19.7 Å². The Morgan fingerprint density at radius 3 is 1.96 bits per heavy atom. The van der Waals surface area contributed by atoms with Gasteiger partial charge in [0.25, 0.3) is 5.91 Å². The number of amides is 1. The molecule has 1 aromatic carbocycles. The van der Waals surface area contributed by atoms with E-state index in [1.807, 2.05) is 35.2 Å². The van der Waals surface area contributed by atoms with E-state index >= 15 is 0 Å². The van der Waals surface area contributed by atoms with Crippen LogP contribution in [0.4, 0.5) is 0 Å². The third kappa shape index (κ3) is 9.27. The van der Waals surface area contributed by atoms with Gasteiger partial charge in [0.2, 0.25) is 0 Å². The van der Waals surface area contributed by atoms with Gasteiger partial charge in [-0.25, -0.2) is 0 Å². The molecule has 3 heteroatoms. The van der Waals surface area contributed by atoms with Gasteiger partial charge < -0.3 is 9.64 Å². The number of para-hydroxylation sites is 1. The van der Waals surface area contributed by atoms with Gasteiger partial charge in [-0.2, -0.15) is 0 Å². The summed E-state index contributed by atoms with van der Waals surface area (Å²) in [4.78, 5) is 14.4. The molecule has 0 spiro atoms. The molecule has 1 amide bonds. The predicted molar refractivity (Wildman–Crippen MR) is 96.8 cm³/mol. The molecule has 130 valence electrons. The van der Waals surface area contributed by atoms with Gasteiger partial charge in [0.05, 0.1) is 0 Å². The lowest BCUT2D eigenvalue weighted by Gasteiger charge is -2.23. The normalized spacial score (nSPS) is 10.5. The van der Waals surface area contributed by atoms with Gasteiger partial charge >= 0.3 is 0 Å². The molecule has 0 aliphatic rings. The molecule has 0 unspecified atom stereocenters. The summed E-state index contributed by atoms with van der Waals surface area (Å²) in [5, 5.41) is 0. The van der Waals surface area contributed by atoms with Gasteiger partial charge in [-0.05, 0) is 25.0 Å². The Bertz CT molecular complexity index is 393. The predicted octanol–water partition coefficient (Wildman–Crippen LogP) is 5.05. The lowest BCUT2D eigenvalue weighted by atomic mass is 10.1. The molecule has 0 radical (unpaired) electrons. The molecular formula is C20H33NO2.